The van der Waals surface area contributed by atoms with E-state index in [1.807, 2.05) is 0 Å². The molecule has 2 N–H and O–H groups in total. The number of rotatable bonds is 12. The maximum Gasteiger partial charge on any atom is 0.343 e. The Kier molecular flexibility index (Phi) is 11.9. The molecular formula is C12H26Cl4N4O4P2. The summed E-state index contributed by atoms with van der Waals surface area (Å²) in [6, 6.07) is 0. The molecule has 0 saturated carbocycles. The van der Waals surface area contributed by atoms with Crippen molar-refractivity contribution in [3.05, 3.63) is 0 Å². The van der Waals surface area contributed by atoms with E-state index >= 15 is 0 Å². The summed E-state index contributed by atoms with van der Waals surface area (Å²) in [5.74, 6) is 0.830. The van der Waals surface area contributed by atoms with E-state index < -0.39 is 15.3 Å². The van der Waals surface area contributed by atoms with Crippen LogP contribution in [0.15, 0.2) is 0 Å². The second kappa shape index (κ2) is 12.2. The van der Waals surface area contributed by atoms with E-state index in [0.29, 0.717) is 0 Å². The highest BCUT2D eigenvalue weighted by molar-refractivity contribution is 7.53. The average Bonchev–Trinajstić information content (AvgIpc) is 2.61. The lowest BCUT2D eigenvalue weighted by Gasteiger charge is -2.42. The molecule has 0 aromatic carbocycles. The van der Waals surface area contributed by atoms with E-state index in [0.717, 1.165) is 0 Å². The minimum absolute atomic E-state index is 0.176. The highest BCUT2D eigenvalue weighted by Gasteiger charge is 2.42. The van der Waals surface area contributed by atoms with Crippen molar-refractivity contribution in [3.63, 3.8) is 0 Å². The smallest absolute Gasteiger partial charge is 0.322 e. The molecule has 26 heavy (non-hydrogen) atoms. The highest BCUT2D eigenvalue weighted by Crippen LogP contribution is 2.53. The molecule has 1 fully saturated rings. The summed E-state index contributed by atoms with van der Waals surface area (Å²) in [6.45, 7) is 1.65. The minimum Gasteiger partial charge on any atom is -0.322 e. The zero-order valence-corrected chi connectivity index (χ0v) is 19.2. The number of alkyl halides is 4. The molecule has 14 heteroatoms. The predicted molar refractivity (Wildman–Crippen MR) is 109 cm³/mol. The van der Waals surface area contributed by atoms with Gasteiger partial charge in [0.15, 0.2) is 0 Å². The van der Waals surface area contributed by atoms with Crippen LogP contribution in [0.3, 0.4) is 0 Å². The number of halogens is 4. The van der Waals surface area contributed by atoms with Gasteiger partial charge in [-0.05, 0) is 0 Å². The van der Waals surface area contributed by atoms with Crippen molar-refractivity contribution in [2.24, 2.45) is 0 Å². The lowest BCUT2D eigenvalue weighted by atomic mass is 10.4. The van der Waals surface area contributed by atoms with Gasteiger partial charge in [0, 0.05) is 75.9 Å². The van der Waals surface area contributed by atoms with Crippen molar-refractivity contribution < 1.29 is 18.9 Å². The van der Waals surface area contributed by atoms with Crippen LogP contribution in [-0.2, 0) is 9.13 Å². The van der Waals surface area contributed by atoms with Crippen LogP contribution in [0.2, 0.25) is 0 Å². The van der Waals surface area contributed by atoms with Crippen molar-refractivity contribution in [2.45, 2.75) is 0 Å². The quantitative estimate of drug-likeness (QED) is 0.316. The first-order chi connectivity index (χ1) is 12.2. The second-order valence-corrected chi connectivity index (χ2v) is 11.4. The molecule has 2 unspecified atom stereocenters. The van der Waals surface area contributed by atoms with Crippen molar-refractivity contribution in [2.75, 3.05) is 75.9 Å². The molecule has 1 aliphatic rings. The van der Waals surface area contributed by atoms with Crippen molar-refractivity contribution in [1.29, 1.82) is 0 Å². The Morgan fingerprint density at radius 3 is 1.08 bits per heavy atom. The zero-order valence-electron chi connectivity index (χ0n) is 14.4. The van der Waals surface area contributed by atoms with E-state index in [4.69, 9.17) is 46.4 Å². The lowest BCUT2D eigenvalue weighted by molar-refractivity contribution is 0.193. The summed E-state index contributed by atoms with van der Waals surface area (Å²) < 4.78 is 31.3. The third kappa shape index (κ3) is 6.72. The predicted octanol–water partition coefficient (Wildman–Crippen LogP) is 2.36. The Bertz CT molecular complexity index is 458. The first-order valence-electron chi connectivity index (χ1n) is 8.16. The van der Waals surface area contributed by atoms with Crippen LogP contribution < -0.4 is 0 Å². The molecule has 0 spiro atoms. The maximum absolute atomic E-state index is 12.8. The SMILES string of the molecule is O=P(O)(N(CCCl)CCCl)N1CCN(P(=O)(O)N(CCCl)CCCl)CC1. The van der Waals surface area contributed by atoms with E-state index in [1.54, 1.807) is 0 Å². The fourth-order valence-corrected chi connectivity index (χ4v) is 7.54. The van der Waals surface area contributed by atoms with Crippen molar-refractivity contribution >= 4 is 61.7 Å². The fraction of sp³-hybridized carbons (Fsp3) is 1.00. The molecular weight excluding hydrogens is 468 g/mol. The molecule has 1 rings (SSSR count). The highest BCUT2D eigenvalue weighted by atomic mass is 35.5. The Labute approximate surface area is 175 Å². The van der Waals surface area contributed by atoms with Crippen molar-refractivity contribution in [3.8, 4) is 0 Å². The maximum atomic E-state index is 12.8. The van der Waals surface area contributed by atoms with E-state index in [9.17, 15) is 18.9 Å². The van der Waals surface area contributed by atoms with Gasteiger partial charge in [0.05, 0.1) is 0 Å². The average molecular weight is 494 g/mol. The standard InChI is InChI=1S/C12H26Cl4N4O4P2/c13-1-5-17(6-2-14)25(21,22)19-9-11-20(12-10-19)26(23,24)18(7-3-15)8-4-16/h1-12H2,(H,21,22)(H,23,24). The van der Waals surface area contributed by atoms with Crippen LogP contribution >= 0.6 is 61.7 Å². The minimum atomic E-state index is -3.80. The summed E-state index contributed by atoms with van der Waals surface area (Å²) >= 11 is 22.9. The Morgan fingerprint density at radius 1 is 0.654 bits per heavy atom. The van der Waals surface area contributed by atoms with Crippen LogP contribution in [0, 0.1) is 0 Å². The molecule has 1 aliphatic heterocycles. The van der Waals surface area contributed by atoms with Gasteiger partial charge < -0.3 is 9.79 Å². The first-order valence-corrected chi connectivity index (χ1v) is 13.4. The van der Waals surface area contributed by atoms with Gasteiger partial charge >= 0.3 is 15.3 Å². The molecule has 8 nitrogen and oxygen atoms in total. The van der Waals surface area contributed by atoms with Gasteiger partial charge in [-0.2, -0.15) is 0 Å². The van der Waals surface area contributed by atoms with E-state index in [-0.39, 0.29) is 75.9 Å². The molecule has 0 aliphatic carbocycles. The van der Waals surface area contributed by atoms with E-state index in [2.05, 4.69) is 0 Å². The summed E-state index contributed by atoms with van der Waals surface area (Å²) in [5.41, 5.74) is 0. The van der Waals surface area contributed by atoms with Crippen molar-refractivity contribution in [1.82, 2.24) is 18.7 Å². The van der Waals surface area contributed by atoms with Gasteiger partial charge in [-0.25, -0.2) is 18.7 Å². The number of piperazine rings is 1. The summed E-state index contributed by atoms with van der Waals surface area (Å²) in [7, 11) is -7.59. The molecule has 156 valence electrons. The monoisotopic (exact) mass is 492 g/mol. The Hall–Kier alpha value is 1.38. The summed E-state index contributed by atoms with van der Waals surface area (Å²) in [4.78, 5) is 21.0. The third-order valence-electron chi connectivity index (χ3n) is 4.08. The zero-order chi connectivity index (χ0) is 19.8. The van der Waals surface area contributed by atoms with Gasteiger partial charge in [-0.3, -0.25) is 9.13 Å². The third-order valence-corrected chi connectivity index (χ3v) is 9.30. The number of hydrogen-bond acceptors (Lipinski definition) is 2. The van der Waals surface area contributed by atoms with Crippen LogP contribution in [0.25, 0.3) is 0 Å². The summed E-state index contributed by atoms with van der Waals surface area (Å²) in [5, 5.41) is 0. The normalized spacial score (nSPS) is 21.8. The van der Waals surface area contributed by atoms with Gasteiger partial charge in [-0.1, -0.05) is 0 Å². The fourth-order valence-electron chi connectivity index (χ4n) is 2.70. The first kappa shape index (κ1) is 25.4. The molecule has 0 aromatic rings. The number of nitrogens with zero attached hydrogens (tertiary/aromatic N) is 4. The molecule has 0 bridgehead atoms. The van der Waals surface area contributed by atoms with Crippen LogP contribution in [0.1, 0.15) is 0 Å². The Balaban J connectivity index is 2.78. The molecule has 0 amide bonds. The molecule has 0 radical (unpaired) electrons. The Morgan fingerprint density at radius 2 is 0.885 bits per heavy atom. The topological polar surface area (TPSA) is 87.6 Å². The van der Waals surface area contributed by atoms with Gasteiger partial charge in [-0.15, -0.1) is 46.4 Å². The molecule has 1 saturated heterocycles. The van der Waals surface area contributed by atoms with Gasteiger partial charge in [0.2, 0.25) is 0 Å². The number of hydrogen-bond donors (Lipinski definition) is 2. The molecule has 1 heterocycles. The van der Waals surface area contributed by atoms with E-state index in [1.165, 1.54) is 18.7 Å². The van der Waals surface area contributed by atoms with Crippen LogP contribution in [-0.4, -0.2) is 104 Å². The van der Waals surface area contributed by atoms with Crippen LogP contribution in [0.5, 0.6) is 0 Å². The summed E-state index contributed by atoms with van der Waals surface area (Å²) in [6.07, 6.45) is 0. The van der Waals surface area contributed by atoms with Crippen LogP contribution in [0.4, 0.5) is 0 Å². The lowest BCUT2D eigenvalue weighted by Crippen LogP contribution is -2.48. The van der Waals surface area contributed by atoms with Gasteiger partial charge in [0.25, 0.3) is 0 Å². The molecule has 0 aromatic heterocycles. The molecule has 2 atom stereocenters. The van der Waals surface area contributed by atoms with Gasteiger partial charge in [0.1, 0.15) is 0 Å². The largest absolute Gasteiger partial charge is 0.343 e. The second-order valence-electron chi connectivity index (χ2n) is 5.60.